The van der Waals surface area contributed by atoms with Crippen molar-refractivity contribution in [1.82, 2.24) is 20.1 Å². The van der Waals surface area contributed by atoms with Gasteiger partial charge in [0.2, 0.25) is 11.8 Å². The van der Waals surface area contributed by atoms with Crippen LogP contribution in [0.1, 0.15) is 87.6 Å². The van der Waals surface area contributed by atoms with E-state index in [2.05, 4.69) is 45.3 Å². The maximum atomic E-state index is 12.9. The van der Waals surface area contributed by atoms with Gasteiger partial charge in [-0.3, -0.25) is 9.59 Å². The van der Waals surface area contributed by atoms with E-state index in [1.807, 2.05) is 26.0 Å². The molecule has 1 aliphatic rings. The van der Waals surface area contributed by atoms with Gasteiger partial charge in [-0.1, -0.05) is 38.0 Å². The van der Waals surface area contributed by atoms with Gasteiger partial charge >= 0.3 is 0 Å². The highest BCUT2D eigenvalue weighted by atomic mass is 16.2. The molecule has 1 heterocycles. The number of amides is 2. The van der Waals surface area contributed by atoms with Gasteiger partial charge in [-0.25, -0.2) is 0 Å². The second kappa shape index (κ2) is 10.7. The van der Waals surface area contributed by atoms with Crippen LogP contribution in [0.2, 0.25) is 0 Å². The molecule has 174 valence electrons. The van der Waals surface area contributed by atoms with Crippen LogP contribution in [0.4, 0.5) is 5.69 Å². The van der Waals surface area contributed by atoms with Crippen molar-refractivity contribution in [2.24, 2.45) is 5.92 Å². The molecular weight excluding hydrogens is 402 g/mol. The lowest BCUT2D eigenvalue weighted by Crippen LogP contribution is -2.30. The first-order valence-electron chi connectivity index (χ1n) is 11.8. The minimum absolute atomic E-state index is 0.0843. The van der Waals surface area contributed by atoms with E-state index in [-0.39, 0.29) is 24.2 Å². The van der Waals surface area contributed by atoms with Gasteiger partial charge in [0, 0.05) is 44.0 Å². The Morgan fingerprint density at radius 3 is 2.56 bits per heavy atom. The van der Waals surface area contributed by atoms with Crippen LogP contribution < -0.4 is 10.6 Å². The normalized spacial score (nSPS) is 14.4. The van der Waals surface area contributed by atoms with E-state index in [1.54, 1.807) is 0 Å². The molecule has 1 aliphatic carbocycles. The van der Waals surface area contributed by atoms with Crippen LogP contribution in [-0.4, -0.2) is 33.1 Å². The van der Waals surface area contributed by atoms with Gasteiger partial charge in [-0.05, 0) is 50.7 Å². The van der Waals surface area contributed by atoms with Gasteiger partial charge < -0.3 is 15.2 Å². The number of rotatable bonds is 11. The molecule has 3 rings (SSSR count). The molecule has 1 aromatic carbocycles. The quantitative estimate of drug-likeness (QED) is 0.541. The number of nitrogens with one attached hydrogen (secondary N) is 2. The number of benzene rings is 1. The first-order chi connectivity index (χ1) is 15.2. The molecule has 7 heteroatoms. The fourth-order valence-electron chi connectivity index (χ4n) is 4.09. The number of anilines is 1. The number of hydrogen-bond acceptors (Lipinski definition) is 4. The van der Waals surface area contributed by atoms with Crippen molar-refractivity contribution in [1.29, 1.82) is 0 Å². The van der Waals surface area contributed by atoms with Crippen molar-refractivity contribution in [3.8, 4) is 0 Å². The Balaban J connectivity index is 1.78. The second-order valence-corrected chi connectivity index (χ2v) is 9.57. The summed E-state index contributed by atoms with van der Waals surface area (Å²) in [4.78, 5) is 24.6. The summed E-state index contributed by atoms with van der Waals surface area (Å²) in [5, 5.41) is 15.0. The number of carbonyl (C=O) groups excluding carboxylic acids is 2. The van der Waals surface area contributed by atoms with E-state index in [0.29, 0.717) is 18.5 Å². The first kappa shape index (κ1) is 24.0. The fraction of sp³-hybridized carbons (Fsp3) is 0.600. The van der Waals surface area contributed by atoms with Crippen molar-refractivity contribution in [3.05, 3.63) is 41.0 Å². The largest absolute Gasteiger partial charge is 0.356 e. The summed E-state index contributed by atoms with van der Waals surface area (Å²) >= 11 is 0. The number of hydrogen-bond donors (Lipinski definition) is 2. The van der Waals surface area contributed by atoms with Crippen LogP contribution in [0.25, 0.3) is 0 Å². The number of carbonyl (C=O) groups is 2. The van der Waals surface area contributed by atoms with Crippen molar-refractivity contribution < 1.29 is 9.59 Å². The minimum atomic E-state index is -0.225. The van der Waals surface area contributed by atoms with E-state index < -0.39 is 0 Å². The third-order valence-corrected chi connectivity index (χ3v) is 5.94. The van der Waals surface area contributed by atoms with Gasteiger partial charge in [-0.2, -0.15) is 0 Å². The molecular formula is C25H37N5O2. The number of nitrogens with zero attached hydrogens (tertiary/aromatic N) is 3. The highest BCUT2D eigenvalue weighted by Crippen LogP contribution is 2.39. The molecule has 7 nitrogen and oxygen atoms in total. The second-order valence-electron chi connectivity index (χ2n) is 9.57. The van der Waals surface area contributed by atoms with E-state index in [9.17, 15) is 9.59 Å². The Labute approximate surface area is 191 Å². The zero-order valence-corrected chi connectivity index (χ0v) is 20.1. The predicted molar refractivity (Wildman–Crippen MR) is 127 cm³/mol. The lowest BCUT2D eigenvalue weighted by molar-refractivity contribution is -0.120. The van der Waals surface area contributed by atoms with Crippen LogP contribution in [0.15, 0.2) is 18.2 Å². The van der Waals surface area contributed by atoms with Gasteiger partial charge in [0.25, 0.3) is 0 Å². The van der Waals surface area contributed by atoms with Crippen molar-refractivity contribution in [2.45, 2.75) is 85.1 Å². The molecule has 1 unspecified atom stereocenters. The van der Waals surface area contributed by atoms with Crippen LogP contribution in [0.5, 0.6) is 0 Å². The van der Waals surface area contributed by atoms with Crippen LogP contribution in [0.3, 0.4) is 0 Å². The van der Waals surface area contributed by atoms with Crippen molar-refractivity contribution >= 4 is 17.5 Å². The lowest BCUT2D eigenvalue weighted by Gasteiger charge is -2.19. The molecule has 1 atom stereocenters. The molecule has 0 radical (unpaired) electrons. The first-order valence-corrected chi connectivity index (χ1v) is 11.8. The Hall–Kier alpha value is -2.70. The van der Waals surface area contributed by atoms with E-state index in [4.69, 9.17) is 0 Å². The predicted octanol–water partition coefficient (Wildman–Crippen LogP) is 4.46. The molecule has 1 saturated carbocycles. The van der Waals surface area contributed by atoms with Crippen molar-refractivity contribution in [2.75, 3.05) is 11.9 Å². The molecule has 2 N–H and O–H groups in total. The van der Waals surface area contributed by atoms with Gasteiger partial charge in [-0.15, -0.1) is 10.2 Å². The zero-order chi connectivity index (χ0) is 23.3. The van der Waals surface area contributed by atoms with Crippen LogP contribution in [0, 0.1) is 19.8 Å². The molecule has 2 amide bonds. The third kappa shape index (κ3) is 6.65. The summed E-state index contributed by atoms with van der Waals surface area (Å²) in [5.41, 5.74) is 3.01. The third-order valence-electron chi connectivity index (χ3n) is 5.94. The maximum Gasteiger partial charge on any atom is 0.225 e. The molecule has 0 spiro atoms. The van der Waals surface area contributed by atoms with Gasteiger partial charge in [0.1, 0.15) is 11.6 Å². The summed E-state index contributed by atoms with van der Waals surface area (Å²) in [6.45, 7) is 10.3. The zero-order valence-electron chi connectivity index (χ0n) is 20.1. The number of aryl methyl sites for hydroxylation is 3. The molecule has 1 aromatic heterocycles. The Bertz CT molecular complexity index is 946. The Morgan fingerprint density at radius 2 is 1.94 bits per heavy atom. The average molecular weight is 440 g/mol. The van der Waals surface area contributed by atoms with E-state index in [0.717, 1.165) is 60.6 Å². The lowest BCUT2D eigenvalue weighted by atomic mass is 10.0. The molecule has 32 heavy (non-hydrogen) atoms. The topological polar surface area (TPSA) is 88.9 Å². The van der Waals surface area contributed by atoms with Crippen LogP contribution in [-0.2, 0) is 16.0 Å². The summed E-state index contributed by atoms with van der Waals surface area (Å²) in [6, 6.07) is 6.39. The maximum absolute atomic E-state index is 12.9. The standard InChI is InChI=1S/C25H37N5O2/c1-16(2)7-6-8-23-28-29-25(30(23)21-10-11-21)20(15-26-19(5)31)14-24(32)27-22-12-9-17(3)13-18(22)4/h9,12-13,16,20-21H,6-8,10-11,14-15H2,1-5H3,(H,26,31)(H,27,32). The molecule has 0 bridgehead atoms. The van der Waals surface area contributed by atoms with E-state index in [1.165, 1.54) is 6.92 Å². The summed E-state index contributed by atoms with van der Waals surface area (Å²) < 4.78 is 2.25. The molecule has 0 aliphatic heterocycles. The average Bonchev–Trinajstić information content (AvgIpc) is 3.47. The summed E-state index contributed by atoms with van der Waals surface area (Å²) in [7, 11) is 0. The smallest absolute Gasteiger partial charge is 0.225 e. The summed E-state index contributed by atoms with van der Waals surface area (Å²) in [6.07, 6.45) is 5.59. The highest BCUT2D eigenvalue weighted by Gasteiger charge is 2.33. The van der Waals surface area contributed by atoms with E-state index >= 15 is 0 Å². The summed E-state index contributed by atoms with van der Waals surface area (Å²) in [5.74, 6) is 2.06. The van der Waals surface area contributed by atoms with Crippen molar-refractivity contribution in [3.63, 3.8) is 0 Å². The highest BCUT2D eigenvalue weighted by molar-refractivity contribution is 5.92. The molecule has 2 aromatic rings. The Kier molecular flexibility index (Phi) is 8.04. The van der Waals surface area contributed by atoms with Crippen LogP contribution >= 0.6 is 0 Å². The molecule has 1 fully saturated rings. The monoisotopic (exact) mass is 439 g/mol. The minimum Gasteiger partial charge on any atom is -0.356 e. The molecule has 0 saturated heterocycles. The number of aromatic nitrogens is 3. The van der Waals surface area contributed by atoms with Gasteiger partial charge in [0.15, 0.2) is 0 Å². The fourth-order valence-corrected chi connectivity index (χ4v) is 4.09. The Morgan fingerprint density at radius 1 is 1.19 bits per heavy atom. The SMILES string of the molecule is CC(=O)NCC(CC(=O)Nc1ccc(C)cc1C)c1nnc(CCCC(C)C)n1C1CC1. The van der Waals surface area contributed by atoms with Gasteiger partial charge in [0.05, 0.1) is 0 Å².